The molecule has 1 aliphatic carbocycles. The first-order valence-corrected chi connectivity index (χ1v) is 7.71. The predicted octanol–water partition coefficient (Wildman–Crippen LogP) is 2.76. The van der Waals surface area contributed by atoms with Crippen molar-refractivity contribution in [2.75, 3.05) is 13.1 Å². The van der Waals surface area contributed by atoms with Crippen LogP contribution in [0, 0.1) is 5.92 Å². The van der Waals surface area contributed by atoms with E-state index in [0.29, 0.717) is 6.42 Å². The number of alkyl halides is 1. The van der Waals surface area contributed by atoms with Crippen LogP contribution in [0.2, 0.25) is 0 Å². The largest absolute Gasteiger partial charge is 0.479 e. The highest BCUT2D eigenvalue weighted by Crippen LogP contribution is 2.29. The number of carbonyl (C=O) groups excluding carboxylic acids is 1. The van der Waals surface area contributed by atoms with Gasteiger partial charge in [0.15, 0.2) is 0 Å². The smallest absolute Gasteiger partial charge is 0.343 e. The number of halogens is 1. The molecule has 1 aliphatic heterocycles. The minimum atomic E-state index is -2.24. The summed E-state index contributed by atoms with van der Waals surface area (Å²) in [5, 5.41) is 8.81. The molecule has 1 heterocycles. The fourth-order valence-corrected chi connectivity index (χ4v) is 3.34. The summed E-state index contributed by atoms with van der Waals surface area (Å²) in [6.07, 6.45) is 8.71. The summed E-state index contributed by atoms with van der Waals surface area (Å²) < 4.78 is 13.9. The van der Waals surface area contributed by atoms with E-state index in [1.54, 1.807) is 0 Å². The second-order valence-corrected chi connectivity index (χ2v) is 6.23. The summed E-state index contributed by atoms with van der Waals surface area (Å²) in [5.41, 5.74) is -2.24. The number of aliphatic carboxylic acids is 1. The molecule has 0 radical (unpaired) electrons. The lowest BCUT2D eigenvalue weighted by molar-refractivity contribution is -0.150. The summed E-state index contributed by atoms with van der Waals surface area (Å²) in [7, 11) is 0. The van der Waals surface area contributed by atoms with Gasteiger partial charge in [-0.1, -0.05) is 32.1 Å². The second kappa shape index (κ2) is 6.55. The minimum absolute atomic E-state index is 0.0866. The predicted molar refractivity (Wildman–Crippen MR) is 73.1 cm³/mol. The van der Waals surface area contributed by atoms with E-state index in [-0.39, 0.29) is 25.4 Å². The number of likely N-dealkylation sites (tertiary alicyclic amines) is 1. The van der Waals surface area contributed by atoms with Crippen LogP contribution in [0.5, 0.6) is 0 Å². The fourth-order valence-electron chi connectivity index (χ4n) is 3.34. The maximum Gasteiger partial charge on any atom is 0.343 e. The summed E-state index contributed by atoms with van der Waals surface area (Å²) in [6, 6.07) is 0. The lowest BCUT2D eigenvalue weighted by Crippen LogP contribution is -2.38. The van der Waals surface area contributed by atoms with Crippen LogP contribution < -0.4 is 0 Å². The average molecular weight is 285 g/mol. The molecule has 5 heteroatoms. The van der Waals surface area contributed by atoms with Crippen molar-refractivity contribution < 1.29 is 19.1 Å². The van der Waals surface area contributed by atoms with Gasteiger partial charge in [0.2, 0.25) is 11.6 Å². The minimum Gasteiger partial charge on any atom is -0.479 e. The first-order valence-electron chi connectivity index (χ1n) is 7.71. The number of hydrogen-bond donors (Lipinski definition) is 1. The Morgan fingerprint density at radius 1 is 1.25 bits per heavy atom. The zero-order valence-electron chi connectivity index (χ0n) is 11.9. The molecule has 0 aromatic rings. The van der Waals surface area contributed by atoms with E-state index in [2.05, 4.69) is 0 Å². The molecule has 114 valence electrons. The molecule has 20 heavy (non-hydrogen) atoms. The van der Waals surface area contributed by atoms with E-state index in [0.717, 1.165) is 18.8 Å². The van der Waals surface area contributed by atoms with Gasteiger partial charge in [0.05, 0.1) is 6.54 Å². The van der Waals surface area contributed by atoms with Crippen LogP contribution in [0.3, 0.4) is 0 Å². The number of rotatable bonds is 5. The number of amides is 1. The molecule has 1 saturated carbocycles. The van der Waals surface area contributed by atoms with Gasteiger partial charge in [-0.3, -0.25) is 4.79 Å². The Morgan fingerprint density at radius 2 is 1.95 bits per heavy atom. The van der Waals surface area contributed by atoms with Gasteiger partial charge in [-0.25, -0.2) is 9.18 Å². The molecule has 4 nitrogen and oxygen atoms in total. The van der Waals surface area contributed by atoms with Crippen molar-refractivity contribution in [2.24, 2.45) is 5.92 Å². The molecule has 0 spiro atoms. The van der Waals surface area contributed by atoms with Crippen LogP contribution in [-0.2, 0) is 9.59 Å². The molecular weight excluding hydrogens is 261 g/mol. The molecule has 2 fully saturated rings. The highest BCUT2D eigenvalue weighted by atomic mass is 19.1. The van der Waals surface area contributed by atoms with Crippen molar-refractivity contribution in [2.45, 2.75) is 63.5 Å². The fraction of sp³-hybridized carbons (Fsp3) is 0.867. The van der Waals surface area contributed by atoms with E-state index in [4.69, 9.17) is 5.11 Å². The van der Waals surface area contributed by atoms with Gasteiger partial charge in [0.25, 0.3) is 0 Å². The molecular formula is C15H24FNO3. The lowest BCUT2D eigenvalue weighted by atomic mass is 9.86. The van der Waals surface area contributed by atoms with Crippen LogP contribution in [0.25, 0.3) is 0 Å². The van der Waals surface area contributed by atoms with Crippen LogP contribution >= 0.6 is 0 Å². The molecule has 1 amide bonds. The van der Waals surface area contributed by atoms with Crippen molar-refractivity contribution in [3.05, 3.63) is 0 Å². The average Bonchev–Trinajstić information content (AvgIpc) is 2.84. The summed E-state index contributed by atoms with van der Waals surface area (Å²) >= 11 is 0. The Morgan fingerprint density at radius 3 is 2.55 bits per heavy atom. The van der Waals surface area contributed by atoms with Gasteiger partial charge < -0.3 is 10.0 Å². The second-order valence-electron chi connectivity index (χ2n) is 6.23. The van der Waals surface area contributed by atoms with E-state index in [1.807, 2.05) is 0 Å². The number of carboxylic acid groups (broad SMARTS) is 1. The van der Waals surface area contributed by atoms with Crippen molar-refractivity contribution in [1.29, 1.82) is 0 Å². The third-order valence-electron chi connectivity index (χ3n) is 4.68. The molecule has 2 rings (SSSR count). The Bertz CT molecular complexity index is 368. The molecule has 0 aromatic heterocycles. The quantitative estimate of drug-likeness (QED) is 0.845. The normalized spacial score (nSPS) is 27.8. The topological polar surface area (TPSA) is 57.6 Å². The number of carbonyl (C=O) groups is 2. The maximum absolute atomic E-state index is 13.9. The Hall–Kier alpha value is -1.13. The van der Waals surface area contributed by atoms with Gasteiger partial charge >= 0.3 is 5.97 Å². The van der Waals surface area contributed by atoms with Gasteiger partial charge in [-0.15, -0.1) is 0 Å². The summed E-state index contributed by atoms with van der Waals surface area (Å²) in [6.45, 7) is -0.0599. The highest BCUT2D eigenvalue weighted by Gasteiger charge is 2.46. The Balaban J connectivity index is 1.69. The summed E-state index contributed by atoms with van der Waals surface area (Å²) in [5.74, 6) is -0.800. The SMILES string of the molecule is O=C(CCCC1CCCCC1)N1CCC(F)(C(=O)O)C1. The van der Waals surface area contributed by atoms with E-state index >= 15 is 0 Å². The lowest BCUT2D eigenvalue weighted by Gasteiger charge is -2.22. The molecule has 0 bridgehead atoms. The van der Waals surface area contributed by atoms with Gasteiger partial charge in [-0.05, 0) is 18.8 Å². The van der Waals surface area contributed by atoms with Crippen molar-refractivity contribution >= 4 is 11.9 Å². The number of carboxylic acids is 1. The molecule has 1 atom stereocenters. The van der Waals surface area contributed by atoms with E-state index in [9.17, 15) is 14.0 Å². The monoisotopic (exact) mass is 285 g/mol. The van der Waals surface area contributed by atoms with Gasteiger partial charge in [0.1, 0.15) is 0 Å². The number of hydrogen-bond acceptors (Lipinski definition) is 2. The molecule has 0 aromatic carbocycles. The maximum atomic E-state index is 13.9. The summed E-state index contributed by atoms with van der Waals surface area (Å²) in [4.78, 5) is 24.1. The molecule has 1 saturated heterocycles. The standard InChI is InChI=1S/C15H24FNO3/c16-15(14(19)20)9-10-17(11-15)13(18)8-4-7-12-5-2-1-3-6-12/h12H,1-11H2,(H,19,20). The number of nitrogens with zero attached hydrogens (tertiary/aromatic N) is 1. The van der Waals surface area contributed by atoms with Crippen molar-refractivity contribution in [3.8, 4) is 0 Å². The van der Waals surface area contributed by atoms with E-state index in [1.165, 1.54) is 37.0 Å². The Labute approximate surface area is 119 Å². The molecule has 1 N–H and O–H groups in total. The first-order chi connectivity index (χ1) is 9.51. The third-order valence-corrected chi connectivity index (χ3v) is 4.68. The highest BCUT2D eigenvalue weighted by molar-refractivity contribution is 5.82. The zero-order chi connectivity index (χ0) is 14.6. The van der Waals surface area contributed by atoms with Crippen LogP contribution in [0.1, 0.15) is 57.8 Å². The molecule has 1 unspecified atom stereocenters. The van der Waals surface area contributed by atoms with Crippen molar-refractivity contribution in [3.63, 3.8) is 0 Å². The van der Waals surface area contributed by atoms with Crippen molar-refractivity contribution in [1.82, 2.24) is 4.90 Å². The van der Waals surface area contributed by atoms with Crippen LogP contribution in [0.4, 0.5) is 4.39 Å². The zero-order valence-corrected chi connectivity index (χ0v) is 11.9. The van der Waals surface area contributed by atoms with Gasteiger partial charge in [0, 0.05) is 19.4 Å². The molecule has 2 aliphatic rings. The first kappa shape index (κ1) is 15.3. The Kier molecular flexibility index (Phi) is 5.00. The third kappa shape index (κ3) is 3.70. The van der Waals surface area contributed by atoms with E-state index < -0.39 is 11.6 Å². The van der Waals surface area contributed by atoms with Crippen LogP contribution in [-0.4, -0.2) is 40.6 Å². The van der Waals surface area contributed by atoms with Crippen LogP contribution in [0.15, 0.2) is 0 Å². The van der Waals surface area contributed by atoms with Gasteiger partial charge in [-0.2, -0.15) is 0 Å².